The van der Waals surface area contributed by atoms with Gasteiger partial charge in [0.05, 0.1) is 13.2 Å². The SMILES string of the molecule is COC(=O)Nc1ccc(NC(=O)C(=O)N2CCCC2c2cccs2)cc1. The molecule has 26 heavy (non-hydrogen) atoms. The Kier molecular flexibility index (Phi) is 5.52. The van der Waals surface area contributed by atoms with E-state index in [0.29, 0.717) is 17.9 Å². The molecular formula is C18H19N3O4S. The molecule has 2 N–H and O–H groups in total. The second-order valence-electron chi connectivity index (χ2n) is 5.82. The molecule has 3 amide bonds. The van der Waals surface area contributed by atoms with E-state index in [0.717, 1.165) is 17.7 Å². The van der Waals surface area contributed by atoms with Crippen molar-refractivity contribution in [3.63, 3.8) is 0 Å². The molecule has 7 nitrogen and oxygen atoms in total. The van der Waals surface area contributed by atoms with Crippen LogP contribution in [0, 0.1) is 0 Å². The van der Waals surface area contributed by atoms with E-state index in [9.17, 15) is 14.4 Å². The Labute approximate surface area is 155 Å². The third-order valence-corrected chi connectivity index (χ3v) is 5.13. The van der Waals surface area contributed by atoms with Gasteiger partial charge in [-0.15, -0.1) is 11.3 Å². The average Bonchev–Trinajstić information content (AvgIpc) is 3.33. The fourth-order valence-electron chi connectivity index (χ4n) is 2.91. The Morgan fingerprint density at radius 1 is 1.12 bits per heavy atom. The third-order valence-electron chi connectivity index (χ3n) is 4.15. The van der Waals surface area contributed by atoms with Gasteiger partial charge in [0.15, 0.2) is 0 Å². The monoisotopic (exact) mass is 373 g/mol. The van der Waals surface area contributed by atoms with E-state index in [1.807, 2.05) is 17.5 Å². The highest BCUT2D eigenvalue weighted by Crippen LogP contribution is 2.34. The predicted octanol–water partition coefficient (Wildman–Crippen LogP) is 3.23. The van der Waals surface area contributed by atoms with E-state index in [4.69, 9.17) is 0 Å². The van der Waals surface area contributed by atoms with Crippen LogP contribution in [0.2, 0.25) is 0 Å². The molecule has 3 rings (SSSR count). The first-order chi connectivity index (χ1) is 12.6. The number of carbonyl (C=O) groups is 3. The molecule has 1 saturated heterocycles. The van der Waals surface area contributed by atoms with Gasteiger partial charge >= 0.3 is 17.9 Å². The van der Waals surface area contributed by atoms with Gasteiger partial charge in [-0.05, 0) is 48.6 Å². The van der Waals surface area contributed by atoms with Crippen LogP contribution in [0.4, 0.5) is 16.2 Å². The van der Waals surface area contributed by atoms with Crippen LogP contribution in [0.1, 0.15) is 23.8 Å². The van der Waals surface area contributed by atoms with Gasteiger partial charge in [-0.2, -0.15) is 0 Å². The molecule has 1 atom stereocenters. The summed E-state index contributed by atoms with van der Waals surface area (Å²) in [6.07, 6.45) is 1.17. The van der Waals surface area contributed by atoms with Crippen molar-refractivity contribution in [2.75, 3.05) is 24.3 Å². The Bertz CT molecular complexity index is 789. The molecule has 2 aromatic rings. The number of thiophene rings is 1. The maximum absolute atomic E-state index is 12.6. The Balaban J connectivity index is 1.62. The number of ether oxygens (including phenoxy) is 1. The van der Waals surface area contributed by atoms with Gasteiger partial charge in [0.1, 0.15) is 0 Å². The van der Waals surface area contributed by atoms with Crippen molar-refractivity contribution < 1.29 is 19.1 Å². The number of hydrogen-bond acceptors (Lipinski definition) is 5. The summed E-state index contributed by atoms with van der Waals surface area (Å²) in [6.45, 7) is 0.580. The van der Waals surface area contributed by atoms with Crippen molar-refractivity contribution in [1.82, 2.24) is 4.90 Å². The lowest BCUT2D eigenvalue weighted by atomic mass is 10.2. The summed E-state index contributed by atoms with van der Waals surface area (Å²) in [5.41, 5.74) is 1.00. The molecule has 8 heteroatoms. The molecule has 0 spiro atoms. The lowest BCUT2D eigenvalue weighted by Gasteiger charge is -2.23. The molecule has 0 saturated carbocycles. The summed E-state index contributed by atoms with van der Waals surface area (Å²) in [5, 5.41) is 7.09. The van der Waals surface area contributed by atoms with Gasteiger partial charge < -0.3 is 15.0 Å². The van der Waals surface area contributed by atoms with Gasteiger partial charge in [0.2, 0.25) is 0 Å². The van der Waals surface area contributed by atoms with Gasteiger partial charge in [-0.1, -0.05) is 6.07 Å². The van der Waals surface area contributed by atoms with Gasteiger partial charge in [0, 0.05) is 22.8 Å². The van der Waals surface area contributed by atoms with Gasteiger partial charge in [-0.3, -0.25) is 14.9 Å². The third kappa shape index (κ3) is 4.02. The van der Waals surface area contributed by atoms with Crippen LogP contribution in [-0.4, -0.2) is 36.5 Å². The molecule has 0 aliphatic carbocycles. The zero-order valence-electron chi connectivity index (χ0n) is 14.2. The van der Waals surface area contributed by atoms with E-state index in [2.05, 4.69) is 15.4 Å². The summed E-state index contributed by atoms with van der Waals surface area (Å²) in [6, 6.07) is 10.4. The second-order valence-corrected chi connectivity index (χ2v) is 6.80. The maximum Gasteiger partial charge on any atom is 0.411 e. The molecule has 1 fully saturated rings. The summed E-state index contributed by atoms with van der Waals surface area (Å²) in [7, 11) is 1.28. The van der Waals surface area contributed by atoms with Crippen LogP contribution in [0.3, 0.4) is 0 Å². The highest BCUT2D eigenvalue weighted by molar-refractivity contribution is 7.10. The van der Waals surface area contributed by atoms with Crippen LogP contribution >= 0.6 is 11.3 Å². The van der Waals surface area contributed by atoms with E-state index < -0.39 is 17.9 Å². The summed E-state index contributed by atoms with van der Waals surface area (Å²) in [4.78, 5) is 38.8. The summed E-state index contributed by atoms with van der Waals surface area (Å²) >= 11 is 1.59. The number of benzene rings is 1. The van der Waals surface area contributed by atoms with Crippen molar-refractivity contribution >= 4 is 40.6 Å². The molecule has 0 bridgehead atoms. The first kappa shape index (κ1) is 17.9. The van der Waals surface area contributed by atoms with E-state index >= 15 is 0 Å². The standard InChI is InChI=1S/C18H19N3O4S/c1-25-18(24)20-13-8-6-12(7-9-13)19-16(22)17(23)21-10-2-4-14(21)15-5-3-11-26-15/h3,5-9,11,14H,2,4,10H2,1H3,(H,19,22)(H,20,24). The largest absolute Gasteiger partial charge is 0.453 e. The predicted molar refractivity (Wildman–Crippen MR) is 99.1 cm³/mol. The first-order valence-electron chi connectivity index (χ1n) is 8.19. The molecule has 1 unspecified atom stereocenters. The molecule has 1 aromatic carbocycles. The maximum atomic E-state index is 12.6. The Morgan fingerprint density at radius 2 is 1.81 bits per heavy atom. The smallest absolute Gasteiger partial charge is 0.411 e. The number of methoxy groups -OCH3 is 1. The lowest BCUT2D eigenvalue weighted by Crippen LogP contribution is -2.39. The molecule has 2 heterocycles. The van der Waals surface area contributed by atoms with E-state index in [-0.39, 0.29) is 6.04 Å². The van der Waals surface area contributed by atoms with Crippen LogP contribution < -0.4 is 10.6 Å². The number of anilines is 2. The average molecular weight is 373 g/mol. The molecule has 136 valence electrons. The van der Waals surface area contributed by atoms with E-state index in [1.54, 1.807) is 40.5 Å². The van der Waals surface area contributed by atoms with Crippen molar-refractivity contribution in [2.24, 2.45) is 0 Å². The van der Waals surface area contributed by atoms with Crippen LogP contribution in [0.5, 0.6) is 0 Å². The number of hydrogen-bond donors (Lipinski definition) is 2. The summed E-state index contributed by atoms with van der Waals surface area (Å²) < 4.78 is 4.51. The first-order valence-corrected chi connectivity index (χ1v) is 9.07. The van der Waals surface area contributed by atoms with Gasteiger partial charge in [0.25, 0.3) is 0 Å². The van der Waals surface area contributed by atoms with Crippen molar-refractivity contribution in [2.45, 2.75) is 18.9 Å². The molecular weight excluding hydrogens is 354 g/mol. The number of nitrogens with one attached hydrogen (secondary N) is 2. The molecule has 0 radical (unpaired) electrons. The fourth-order valence-corrected chi connectivity index (χ4v) is 3.78. The summed E-state index contributed by atoms with van der Waals surface area (Å²) in [5.74, 6) is -1.19. The minimum absolute atomic E-state index is 0.0279. The zero-order chi connectivity index (χ0) is 18.5. The lowest BCUT2D eigenvalue weighted by molar-refractivity contribution is -0.143. The topological polar surface area (TPSA) is 87.7 Å². The minimum atomic E-state index is -0.665. The number of carbonyl (C=O) groups excluding carboxylic acids is 3. The van der Waals surface area contributed by atoms with Gasteiger partial charge in [-0.25, -0.2) is 4.79 Å². The van der Waals surface area contributed by atoms with E-state index in [1.165, 1.54) is 7.11 Å². The van der Waals surface area contributed by atoms with Crippen molar-refractivity contribution in [3.05, 3.63) is 46.7 Å². The highest BCUT2D eigenvalue weighted by Gasteiger charge is 2.33. The quantitative estimate of drug-likeness (QED) is 0.809. The number of amides is 3. The number of nitrogens with zero attached hydrogens (tertiary/aromatic N) is 1. The zero-order valence-corrected chi connectivity index (χ0v) is 15.0. The fraction of sp³-hybridized carbons (Fsp3) is 0.278. The highest BCUT2D eigenvalue weighted by atomic mass is 32.1. The molecule has 1 aromatic heterocycles. The number of rotatable bonds is 3. The van der Waals surface area contributed by atoms with Crippen molar-refractivity contribution in [3.8, 4) is 0 Å². The van der Waals surface area contributed by atoms with Crippen molar-refractivity contribution in [1.29, 1.82) is 0 Å². The minimum Gasteiger partial charge on any atom is -0.453 e. The number of likely N-dealkylation sites (tertiary alicyclic amines) is 1. The normalized spacial score (nSPS) is 16.2. The van der Waals surface area contributed by atoms with Crippen LogP contribution in [0.15, 0.2) is 41.8 Å². The van der Waals surface area contributed by atoms with Crippen LogP contribution in [-0.2, 0) is 14.3 Å². The Hall–Kier alpha value is -2.87. The van der Waals surface area contributed by atoms with Crippen LogP contribution in [0.25, 0.3) is 0 Å². The molecule has 1 aliphatic rings. The molecule has 1 aliphatic heterocycles. The second kappa shape index (κ2) is 8.01. The Morgan fingerprint density at radius 3 is 2.42 bits per heavy atom.